The number of carbonyl (C=O) groups is 2. The summed E-state index contributed by atoms with van der Waals surface area (Å²) in [5.41, 5.74) is 0.950. The highest BCUT2D eigenvalue weighted by Crippen LogP contribution is 2.24. The molecule has 2 atom stereocenters. The summed E-state index contributed by atoms with van der Waals surface area (Å²) in [6.45, 7) is 5.06. The van der Waals surface area contributed by atoms with Crippen LogP contribution in [0.2, 0.25) is 5.02 Å². The maximum absolute atomic E-state index is 12.1. The van der Waals surface area contributed by atoms with E-state index in [4.69, 9.17) is 21.4 Å². The normalized spacial score (nSPS) is 20.6. The molecule has 0 spiro atoms. The number of carbonyl (C=O) groups excluding carboxylic acids is 1. The molecule has 0 aromatic heterocycles. The number of aliphatic carboxylic acids is 1. The van der Waals surface area contributed by atoms with E-state index in [1.807, 2.05) is 19.9 Å². The van der Waals surface area contributed by atoms with Gasteiger partial charge in [-0.25, -0.2) is 0 Å². The molecule has 1 saturated heterocycles. The number of carboxylic acids is 1. The predicted molar refractivity (Wildman–Crippen MR) is 87.8 cm³/mol. The topological polar surface area (TPSA) is 66.8 Å². The van der Waals surface area contributed by atoms with Crippen molar-refractivity contribution in [3.63, 3.8) is 0 Å². The Morgan fingerprint density at radius 3 is 2.74 bits per heavy atom. The molecule has 1 aromatic carbocycles. The van der Waals surface area contributed by atoms with Gasteiger partial charge in [0.25, 0.3) is 0 Å². The highest BCUT2D eigenvalue weighted by atomic mass is 35.5. The summed E-state index contributed by atoms with van der Waals surface area (Å²) in [5.74, 6) is -0.539. The molecule has 1 heterocycles. The molecule has 1 aliphatic heterocycles. The third-order valence-electron chi connectivity index (χ3n) is 4.22. The second-order valence-corrected chi connectivity index (χ2v) is 6.49. The van der Waals surface area contributed by atoms with Gasteiger partial charge in [0.15, 0.2) is 0 Å². The van der Waals surface area contributed by atoms with Gasteiger partial charge < -0.3 is 14.7 Å². The van der Waals surface area contributed by atoms with Crippen molar-refractivity contribution in [3.05, 3.63) is 28.8 Å². The predicted octanol–water partition coefficient (Wildman–Crippen LogP) is 2.99. The standard InChI is InChI=1S/C17H22ClNO4/c1-11-8-13(5-6-15(11)18)23-7-3-4-16(20)19-9-12(2)14(10-19)17(21)22/h5-6,8,12,14H,3-4,7,9-10H2,1-2H3,(H,21,22)/t12-,14-/m1/s1. The number of amides is 1. The molecule has 2 rings (SSSR count). The van der Waals surface area contributed by atoms with E-state index in [1.165, 1.54) is 0 Å². The van der Waals surface area contributed by atoms with Gasteiger partial charge in [0.05, 0.1) is 12.5 Å². The van der Waals surface area contributed by atoms with Gasteiger partial charge in [-0.05, 0) is 43.0 Å². The summed E-state index contributed by atoms with van der Waals surface area (Å²) < 4.78 is 5.61. The number of likely N-dealkylation sites (tertiary alicyclic amines) is 1. The zero-order chi connectivity index (χ0) is 17.0. The molecular weight excluding hydrogens is 318 g/mol. The summed E-state index contributed by atoms with van der Waals surface area (Å²) in [4.78, 5) is 24.9. The van der Waals surface area contributed by atoms with Gasteiger partial charge >= 0.3 is 5.97 Å². The molecule has 5 nitrogen and oxygen atoms in total. The van der Waals surface area contributed by atoms with Crippen molar-refractivity contribution in [2.45, 2.75) is 26.7 Å². The lowest BCUT2D eigenvalue weighted by Crippen LogP contribution is -2.30. The summed E-state index contributed by atoms with van der Waals surface area (Å²) in [5, 5.41) is 9.80. The maximum Gasteiger partial charge on any atom is 0.308 e. The van der Waals surface area contributed by atoms with Crippen molar-refractivity contribution in [3.8, 4) is 5.75 Å². The van der Waals surface area contributed by atoms with Crippen LogP contribution >= 0.6 is 11.6 Å². The van der Waals surface area contributed by atoms with E-state index in [1.54, 1.807) is 17.0 Å². The van der Waals surface area contributed by atoms with Crippen LogP contribution in [0.15, 0.2) is 18.2 Å². The van der Waals surface area contributed by atoms with Crippen molar-refractivity contribution >= 4 is 23.5 Å². The van der Waals surface area contributed by atoms with Crippen LogP contribution in [0.3, 0.4) is 0 Å². The largest absolute Gasteiger partial charge is 0.494 e. The number of benzene rings is 1. The van der Waals surface area contributed by atoms with Crippen LogP contribution in [-0.4, -0.2) is 41.6 Å². The lowest BCUT2D eigenvalue weighted by atomic mass is 9.99. The van der Waals surface area contributed by atoms with Crippen LogP contribution < -0.4 is 4.74 Å². The lowest BCUT2D eigenvalue weighted by molar-refractivity contribution is -0.142. The fourth-order valence-corrected chi connectivity index (χ4v) is 2.89. The third kappa shape index (κ3) is 4.61. The number of halogens is 1. The van der Waals surface area contributed by atoms with Crippen molar-refractivity contribution in [1.82, 2.24) is 4.90 Å². The number of aryl methyl sites for hydroxylation is 1. The molecule has 23 heavy (non-hydrogen) atoms. The van der Waals surface area contributed by atoms with Gasteiger partial charge in [-0.1, -0.05) is 18.5 Å². The van der Waals surface area contributed by atoms with Gasteiger partial charge in [0, 0.05) is 24.5 Å². The Morgan fingerprint density at radius 1 is 1.39 bits per heavy atom. The Balaban J connectivity index is 1.73. The highest BCUT2D eigenvalue weighted by Gasteiger charge is 2.36. The minimum atomic E-state index is -0.825. The van der Waals surface area contributed by atoms with Crippen LogP contribution in [0.5, 0.6) is 5.75 Å². The van der Waals surface area contributed by atoms with Gasteiger partial charge in [0.1, 0.15) is 5.75 Å². The minimum Gasteiger partial charge on any atom is -0.494 e. The molecule has 1 fully saturated rings. The van der Waals surface area contributed by atoms with Crippen LogP contribution in [-0.2, 0) is 9.59 Å². The third-order valence-corrected chi connectivity index (χ3v) is 4.64. The fourth-order valence-electron chi connectivity index (χ4n) is 2.77. The Labute approximate surface area is 141 Å². The van der Waals surface area contributed by atoms with Crippen LogP contribution in [0.1, 0.15) is 25.3 Å². The smallest absolute Gasteiger partial charge is 0.308 e. The monoisotopic (exact) mass is 339 g/mol. The van der Waals surface area contributed by atoms with E-state index in [0.717, 1.165) is 11.3 Å². The Kier molecular flexibility index (Phi) is 5.88. The maximum atomic E-state index is 12.1. The van der Waals surface area contributed by atoms with E-state index in [-0.39, 0.29) is 11.8 Å². The molecule has 1 aliphatic rings. The van der Waals surface area contributed by atoms with Crippen LogP contribution in [0.4, 0.5) is 0 Å². The first-order chi connectivity index (χ1) is 10.9. The first-order valence-corrected chi connectivity index (χ1v) is 8.16. The number of carboxylic acid groups (broad SMARTS) is 1. The Bertz CT molecular complexity index is 590. The molecule has 0 aliphatic carbocycles. The Morgan fingerprint density at radius 2 is 2.13 bits per heavy atom. The molecule has 1 amide bonds. The molecule has 126 valence electrons. The number of ether oxygens (including phenoxy) is 1. The van der Waals surface area contributed by atoms with E-state index in [2.05, 4.69) is 0 Å². The van der Waals surface area contributed by atoms with E-state index in [0.29, 0.717) is 37.6 Å². The Hall–Kier alpha value is -1.75. The van der Waals surface area contributed by atoms with Crippen LogP contribution in [0, 0.1) is 18.8 Å². The lowest BCUT2D eigenvalue weighted by Gasteiger charge is -2.16. The molecule has 0 bridgehead atoms. The van der Waals surface area contributed by atoms with Gasteiger partial charge in [0.2, 0.25) is 5.91 Å². The first-order valence-electron chi connectivity index (χ1n) is 7.78. The SMILES string of the molecule is Cc1cc(OCCCC(=O)N2C[C@@H](C)[C@H](C(=O)O)C2)ccc1Cl. The summed E-state index contributed by atoms with van der Waals surface area (Å²) in [6.07, 6.45) is 0.967. The minimum absolute atomic E-state index is 0.00325. The number of hydrogen-bond acceptors (Lipinski definition) is 3. The molecular formula is C17H22ClNO4. The average Bonchev–Trinajstić information content (AvgIpc) is 2.89. The molecule has 1 aromatic rings. The quantitative estimate of drug-likeness (QED) is 0.809. The van der Waals surface area contributed by atoms with E-state index < -0.39 is 11.9 Å². The molecule has 1 N–H and O–H groups in total. The van der Waals surface area contributed by atoms with Gasteiger partial charge in [-0.15, -0.1) is 0 Å². The van der Waals surface area contributed by atoms with Crippen molar-refractivity contribution in [1.29, 1.82) is 0 Å². The van der Waals surface area contributed by atoms with Gasteiger partial charge in [-0.3, -0.25) is 9.59 Å². The second-order valence-electron chi connectivity index (χ2n) is 6.08. The van der Waals surface area contributed by atoms with Crippen molar-refractivity contribution in [2.75, 3.05) is 19.7 Å². The number of rotatable bonds is 6. The zero-order valence-electron chi connectivity index (χ0n) is 13.4. The highest BCUT2D eigenvalue weighted by molar-refractivity contribution is 6.31. The first kappa shape index (κ1) is 17.6. The van der Waals surface area contributed by atoms with E-state index >= 15 is 0 Å². The van der Waals surface area contributed by atoms with Crippen molar-refractivity contribution < 1.29 is 19.4 Å². The zero-order valence-corrected chi connectivity index (χ0v) is 14.2. The molecule has 0 unspecified atom stereocenters. The molecule has 0 saturated carbocycles. The molecule has 6 heteroatoms. The van der Waals surface area contributed by atoms with Gasteiger partial charge in [-0.2, -0.15) is 0 Å². The fraction of sp³-hybridized carbons (Fsp3) is 0.529. The summed E-state index contributed by atoms with van der Waals surface area (Å²) >= 11 is 5.95. The average molecular weight is 340 g/mol. The number of nitrogens with zero attached hydrogens (tertiary/aromatic N) is 1. The number of hydrogen-bond donors (Lipinski definition) is 1. The summed E-state index contributed by atoms with van der Waals surface area (Å²) in [7, 11) is 0. The summed E-state index contributed by atoms with van der Waals surface area (Å²) in [6, 6.07) is 5.45. The second kappa shape index (κ2) is 7.68. The van der Waals surface area contributed by atoms with Crippen LogP contribution in [0.25, 0.3) is 0 Å². The molecule has 0 radical (unpaired) electrons. The van der Waals surface area contributed by atoms with E-state index in [9.17, 15) is 9.59 Å². The van der Waals surface area contributed by atoms with Crippen molar-refractivity contribution in [2.24, 2.45) is 11.8 Å².